The van der Waals surface area contributed by atoms with Gasteiger partial charge in [-0.25, -0.2) is 4.79 Å². The van der Waals surface area contributed by atoms with E-state index in [1.54, 1.807) is 0 Å². The predicted molar refractivity (Wildman–Crippen MR) is 89.8 cm³/mol. The molecule has 0 saturated carbocycles. The summed E-state index contributed by atoms with van der Waals surface area (Å²) in [6.45, 7) is 6.14. The molecule has 0 unspecified atom stereocenters. The van der Waals surface area contributed by atoms with Crippen molar-refractivity contribution in [2.45, 2.75) is 32.8 Å². The topological polar surface area (TPSA) is 38.3 Å². The van der Waals surface area contributed by atoms with Crippen LogP contribution in [0.5, 0.6) is 0 Å². The van der Waals surface area contributed by atoms with Gasteiger partial charge < -0.3 is 10.1 Å². The summed E-state index contributed by atoms with van der Waals surface area (Å²) in [5.74, 6) is 0. The van der Waals surface area contributed by atoms with E-state index in [0.29, 0.717) is 6.54 Å². The van der Waals surface area contributed by atoms with Crippen LogP contribution in [0.25, 0.3) is 11.1 Å². The van der Waals surface area contributed by atoms with Crippen LogP contribution in [0.15, 0.2) is 54.6 Å². The number of rotatable bonds is 4. The van der Waals surface area contributed by atoms with Crippen LogP contribution in [0, 0.1) is 0 Å². The number of amides is 1. The summed E-state index contributed by atoms with van der Waals surface area (Å²) in [5, 5.41) is 2.77. The highest BCUT2D eigenvalue weighted by molar-refractivity contribution is 5.67. The second kappa shape index (κ2) is 7.12. The van der Waals surface area contributed by atoms with Crippen LogP contribution in [0.3, 0.4) is 0 Å². The minimum Gasteiger partial charge on any atom is -0.444 e. The number of nitrogens with one attached hydrogen (secondary N) is 1. The Kier molecular flexibility index (Phi) is 5.21. The number of alkyl carbamates (subject to hydrolysis) is 1. The molecule has 0 aliphatic carbocycles. The summed E-state index contributed by atoms with van der Waals surface area (Å²) >= 11 is 0. The molecule has 0 heterocycles. The summed E-state index contributed by atoms with van der Waals surface area (Å²) in [6.07, 6.45) is 0.419. The summed E-state index contributed by atoms with van der Waals surface area (Å²) in [5.41, 5.74) is 3.14. The van der Waals surface area contributed by atoms with E-state index in [1.807, 2.05) is 39.0 Å². The lowest BCUT2D eigenvalue weighted by Gasteiger charge is -2.19. The molecule has 1 N–H and O–H groups in total. The Morgan fingerprint density at radius 2 is 1.55 bits per heavy atom. The van der Waals surface area contributed by atoms with Gasteiger partial charge in [-0.1, -0.05) is 54.6 Å². The fraction of sp³-hybridized carbons (Fsp3) is 0.316. The van der Waals surface area contributed by atoms with Gasteiger partial charge >= 0.3 is 6.09 Å². The fourth-order valence-corrected chi connectivity index (χ4v) is 2.12. The highest BCUT2D eigenvalue weighted by Gasteiger charge is 2.15. The molecular formula is C19H23NO2. The summed E-state index contributed by atoms with van der Waals surface area (Å²) in [6, 6.07) is 18.7. The highest BCUT2D eigenvalue weighted by atomic mass is 16.6. The van der Waals surface area contributed by atoms with E-state index in [4.69, 9.17) is 4.74 Å². The van der Waals surface area contributed by atoms with E-state index < -0.39 is 5.60 Å². The summed E-state index contributed by atoms with van der Waals surface area (Å²) in [7, 11) is 0. The molecule has 2 aromatic rings. The number of benzene rings is 2. The number of hydrogen-bond donors (Lipinski definition) is 1. The van der Waals surface area contributed by atoms with Crippen LogP contribution in [0.2, 0.25) is 0 Å². The minimum atomic E-state index is -0.457. The van der Waals surface area contributed by atoms with Gasteiger partial charge in [0, 0.05) is 6.54 Å². The van der Waals surface area contributed by atoms with Crippen LogP contribution in [-0.2, 0) is 11.2 Å². The van der Waals surface area contributed by atoms with Gasteiger partial charge in [0.2, 0.25) is 0 Å². The van der Waals surface area contributed by atoms with Crippen molar-refractivity contribution in [1.29, 1.82) is 0 Å². The summed E-state index contributed by atoms with van der Waals surface area (Å²) in [4.78, 5) is 11.6. The second-order valence-electron chi connectivity index (χ2n) is 6.24. The van der Waals surface area contributed by atoms with Gasteiger partial charge in [-0.15, -0.1) is 0 Å². The number of carbonyl (C=O) groups is 1. The van der Waals surface area contributed by atoms with Crippen LogP contribution < -0.4 is 5.32 Å². The molecule has 2 aromatic carbocycles. The standard InChI is InChI=1S/C19H23NO2/c1-19(2,3)22-18(21)20-14-13-15-9-11-17(12-10-15)16-7-5-4-6-8-16/h4-12H,13-14H2,1-3H3,(H,20,21). The SMILES string of the molecule is CC(C)(C)OC(=O)NCCc1ccc(-c2ccccc2)cc1. The Balaban J connectivity index is 1.84. The van der Waals surface area contributed by atoms with Crippen molar-refractivity contribution in [3.63, 3.8) is 0 Å². The zero-order valence-corrected chi connectivity index (χ0v) is 13.4. The third-order valence-electron chi connectivity index (χ3n) is 3.14. The van der Waals surface area contributed by atoms with Crippen LogP contribution in [0.1, 0.15) is 26.3 Å². The molecule has 0 aliphatic heterocycles. The molecule has 0 aliphatic rings. The smallest absolute Gasteiger partial charge is 0.407 e. The molecule has 3 heteroatoms. The Morgan fingerprint density at radius 1 is 0.955 bits per heavy atom. The molecule has 22 heavy (non-hydrogen) atoms. The molecule has 0 radical (unpaired) electrons. The Hall–Kier alpha value is -2.29. The molecule has 0 aromatic heterocycles. The average molecular weight is 297 g/mol. The van der Waals surface area contributed by atoms with Gasteiger partial charge in [0.25, 0.3) is 0 Å². The number of hydrogen-bond acceptors (Lipinski definition) is 2. The molecule has 3 nitrogen and oxygen atoms in total. The van der Waals surface area contributed by atoms with Crippen molar-refractivity contribution >= 4 is 6.09 Å². The van der Waals surface area contributed by atoms with E-state index in [-0.39, 0.29) is 6.09 Å². The molecule has 0 saturated heterocycles. The van der Waals surface area contributed by atoms with Crippen LogP contribution in [0.4, 0.5) is 4.79 Å². The molecular weight excluding hydrogens is 274 g/mol. The summed E-state index contributed by atoms with van der Waals surface area (Å²) < 4.78 is 5.20. The predicted octanol–water partition coefficient (Wildman–Crippen LogP) is 4.42. The van der Waals surface area contributed by atoms with Gasteiger partial charge in [-0.05, 0) is 43.9 Å². The third-order valence-corrected chi connectivity index (χ3v) is 3.14. The number of carbonyl (C=O) groups excluding carboxylic acids is 1. The largest absolute Gasteiger partial charge is 0.444 e. The van der Waals surface area contributed by atoms with Gasteiger partial charge in [0.1, 0.15) is 5.60 Å². The first-order valence-corrected chi connectivity index (χ1v) is 7.55. The maximum absolute atomic E-state index is 11.6. The van der Waals surface area contributed by atoms with E-state index in [2.05, 4.69) is 41.7 Å². The lowest BCUT2D eigenvalue weighted by Crippen LogP contribution is -2.33. The average Bonchev–Trinajstić information content (AvgIpc) is 2.47. The Morgan fingerprint density at radius 3 is 2.14 bits per heavy atom. The molecule has 0 atom stereocenters. The Bertz CT molecular complexity index is 598. The van der Waals surface area contributed by atoms with Crippen molar-refractivity contribution in [3.05, 3.63) is 60.2 Å². The van der Waals surface area contributed by atoms with Crippen LogP contribution in [-0.4, -0.2) is 18.2 Å². The van der Waals surface area contributed by atoms with Crippen molar-refractivity contribution in [3.8, 4) is 11.1 Å². The van der Waals surface area contributed by atoms with E-state index in [0.717, 1.165) is 6.42 Å². The molecule has 2 rings (SSSR count). The minimum absolute atomic E-state index is 0.367. The van der Waals surface area contributed by atoms with E-state index in [9.17, 15) is 4.79 Å². The molecule has 116 valence electrons. The zero-order valence-electron chi connectivity index (χ0n) is 13.4. The normalized spacial score (nSPS) is 11.0. The monoisotopic (exact) mass is 297 g/mol. The first-order valence-electron chi connectivity index (χ1n) is 7.55. The maximum Gasteiger partial charge on any atom is 0.407 e. The second-order valence-corrected chi connectivity index (χ2v) is 6.24. The maximum atomic E-state index is 11.6. The first-order chi connectivity index (χ1) is 10.4. The molecule has 0 bridgehead atoms. The number of ether oxygens (including phenoxy) is 1. The quantitative estimate of drug-likeness (QED) is 0.907. The Labute approximate surface area is 132 Å². The van der Waals surface area contributed by atoms with Crippen molar-refractivity contribution in [1.82, 2.24) is 5.32 Å². The van der Waals surface area contributed by atoms with Gasteiger partial charge in [0.15, 0.2) is 0 Å². The zero-order chi connectivity index (χ0) is 16.0. The van der Waals surface area contributed by atoms with Gasteiger partial charge in [-0.2, -0.15) is 0 Å². The van der Waals surface area contributed by atoms with Gasteiger partial charge in [-0.3, -0.25) is 0 Å². The van der Waals surface area contributed by atoms with E-state index in [1.165, 1.54) is 16.7 Å². The van der Waals surface area contributed by atoms with Gasteiger partial charge in [0.05, 0.1) is 0 Å². The van der Waals surface area contributed by atoms with E-state index >= 15 is 0 Å². The molecule has 0 fully saturated rings. The first kappa shape index (κ1) is 16.1. The third kappa shape index (κ3) is 5.24. The lowest BCUT2D eigenvalue weighted by atomic mass is 10.0. The van der Waals surface area contributed by atoms with Crippen molar-refractivity contribution < 1.29 is 9.53 Å². The highest BCUT2D eigenvalue weighted by Crippen LogP contribution is 2.19. The van der Waals surface area contributed by atoms with Crippen LogP contribution >= 0.6 is 0 Å². The van der Waals surface area contributed by atoms with Crippen molar-refractivity contribution in [2.24, 2.45) is 0 Å². The van der Waals surface area contributed by atoms with Crippen molar-refractivity contribution in [2.75, 3.05) is 6.54 Å². The molecule has 0 spiro atoms. The molecule has 1 amide bonds. The fourth-order valence-electron chi connectivity index (χ4n) is 2.12. The lowest BCUT2D eigenvalue weighted by molar-refractivity contribution is 0.0528.